The Morgan fingerprint density at radius 2 is 2.06 bits per heavy atom. The molecule has 94 valence electrons. The minimum atomic E-state index is 0.00235. The second-order valence-electron chi connectivity index (χ2n) is 5.95. The number of carbonyl (C=O) groups excluding carboxylic acids is 1. The van der Waals surface area contributed by atoms with E-state index < -0.39 is 0 Å². The third-order valence-electron chi connectivity index (χ3n) is 3.42. The third-order valence-corrected chi connectivity index (χ3v) is 3.42. The van der Waals surface area contributed by atoms with Crippen LogP contribution in [0.3, 0.4) is 0 Å². The van der Waals surface area contributed by atoms with E-state index in [9.17, 15) is 4.79 Å². The van der Waals surface area contributed by atoms with Gasteiger partial charge in [0.15, 0.2) is 0 Å². The van der Waals surface area contributed by atoms with Crippen LogP contribution in [0.4, 0.5) is 4.79 Å². The largest absolute Gasteiger partial charge is 0.330 e. The number of nitrogens with zero attached hydrogens (tertiary/aromatic N) is 2. The molecule has 0 aromatic carbocycles. The molecule has 0 spiro atoms. The van der Waals surface area contributed by atoms with E-state index in [2.05, 4.69) is 27.7 Å². The van der Waals surface area contributed by atoms with Crippen LogP contribution in [0.1, 0.15) is 27.7 Å². The van der Waals surface area contributed by atoms with Crippen LogP contribution in [-0.4, -0.2) is 48.6 Å². The van der Waals surface area contributed by atoms with Gasteiger partial charge in [0.1, 0.15) is 0 Å². The van der Waals surface area contributed by atoms with Crippen LogP contribution < -0.4 is 5.73 Å². The van der Waals surface area contributed by atoms with Gasteiger partial charge in [-0.15, -0.1) is 0 Å². The smallest absolute Gasteiger partial charge is 0.320 e. The van der Waals surface area contributed by atoms with E-state index in [0.717, 1.165) is 13.1 Å². The van der Waals surface area contributed by atoms with Gasteiger partial charge in [0.25, 0.3) is 0 Å². The fourth-order valence-corrected chi connectivity index (χ4v) is 2.16. The normalized spacial score (nSPS) is 22.4. The molecule has 16 heavy (non-hydrogen) atoms. The van der Waals surface area contributed by atoms with Crippen molar-refractivity contribution in [1.82, 2.24) is 9.80 Å². The van der Waals surface area contributed by atoms with Crippen molar-refractivity contribution in [2.45, 2.75) is 33.7 Å². The lowest BCUT2D eigenvalue weighted by molar-refractivity contribution is 0.176. The maximum absolute atomic E-state index is 12.0. The van der Waals surface area contributed by atoms with Crippen molar-refractivity contribution in [2.75, 3.05) is 26.7 Å². The number of rotatable bonds is 4. The average molecular weight is 227 g/mol. The lowest BCUT2D eigenvalue weighted by atomic mass is 9.93. The highest BCUT2D eigenvalue weighted by Crippen LogP contribution is 2.24. The molecule has 4 heteroatoms. The monoisotopic (exact) mass is 227 g/mol. The first kappa shape index (κ1) is 13.3. The average Bonchev–Trinajstić information content (AvgIpc) is 2.46. The number of likely N-dealkylation sites (N-methyl/N-ethyl adjacent to an activating group) is 1. The van der Waals surface area contributed by atoms with Crippen LogP contribution in [0.2, 0.25) is 0 Å². The molecule has 1 atom stereocenters. The molecule has 0 aromatic heterocycles. The Morgan fingerprint density at radius 1 is 1.50 bits per heavy atom. The fraction of sp³-hybridized carbons (Fsp3) is 0.917. The Morgan fingerprint density at radius 3 is 2.44 bits per heavy atom. The Balaban J connectivity index is 2.68. The van der Waals surface area contributed by atoms with Gasteiger partial charge in [-0.05, 0) is 17.9 Å². The highest BCUT2D eigenvalue weighted by Gasteiger charge is 2.38. The summed E-state index contributed by atoms with van der Waals surface area (Å²) < 4.78 is 0. The highest BCUT2D eigenvalue weighted by atomic mass is 16.2. The molecule has 0 radical (unpaired) electrons. The predicted octanol–water partition coefficient (Wildman–Crippen LogP) is 1.36. The Bertz CT molecular complexity index is 263. The van der Waals surface area contributed by atoms with E-state index in [0.29, 0.717) is 18.5 Å². The summed E-state index contributed by atoms with van der Waals surface area (Å²) in [6, 6.07) is 0.473. The van der Waals surface area contributed by atoms with Crippen LogP contribution in [0, 0.1) is 11.3 Å². The van der Waals surface area contributed by atoms with E-state index in [1.165, 1.54) is 0 Å². The standard InChI is InChI=1S/C12H25N3O/c1-9(2)10-6-15(11(16)14(10)5)8-12(3,4)7-13/h9-10H,6-8,13H2,1-5H3. The van der Waals surface area contributed by atoms with E-state index in [1.54, 1.807) is 0 Å². The van der Waals surface area contributed by atoms with Crippen LogP contribution in [0.15, 0.2) is 0 Å². The van der Waals surface area contributed by atoms with Gasteiger partial charge < -0.3 is 15.5 Å². The maximum atomic E-state index is 12.0. The summed E-state index contributed by atoms with van der Waals surface area (Å²) in [4.78, 5) is 15.8. The first-order chi connectivity index (χ1) is 7.28. The summed E-state index contributed by atoms with van der Waals surface area (Å²) >= 11 is 0. The minimum absolute atomic E-state index is 0.00235. The van der Waals surface area contributed by atoms with Crippen molar-refractivity contribution >= 4 is 6.03 Å². The molecule has 1 unspecified atom stereocenters. The van der Waals surface area contributed by atoms with Crippen molar-refractivity contribution in [3.63, 3.8) is 0 Å². The summed E-state index contributed by atoms with van der Waals surface area (Å²) in [5.41, 5.74) is 5.71. The van der Waals surface area contributed by atoms with Crippen LogP contribution in [0.5, 0.6) is 0 Å². The van der Waals surface area contributed by atoms with Gasteiger partial charge in [0.05, 0.1) is 6.04 Å². The maximum Gasteiger partial charge on any atom is 0.320 e. The van der Waals surface area contributed by atoms with Gasteiger partial charge in [0, 0.05) is 20.1 Å². The van der Waals surface area contributed by atoms with Crippen LogP contribution >= 0.6 is 0 Å². The second-order valence-corrected chi connectivity index (χ2v) is 5.95. The van der Waals surface area contributed by atoms with E-state index >= 15 is 0 Å². The quantitative estimate of drug-likeness (QED) is 0.788. The highest BCUT2D eigenvalue weighted by molar-refractivity contribution is 5.77. The lowest BCUT2D eigenvalue weighted by Crippen LogP contribution is -2.40. The van der Waals surface area contributed by atoms with Gasteiger partial charge in [-0.1, -0.05) is 27.7 Å². The molecule has 0 saturated carbocycles. The summed E-state index contributed by atoms with van der Waals surface area (Å²) in [5.74, 6) is 0.500. The summed E-state index contributed by atoms with van der Waals surface area (Å²) in [5, 5.41) is 0. The van der Waals surface area contributed by atoms with Gasteiger partial charge in [-0.25, -0.2) is 4.79 Å². The molecule has 0 bridgehead atoms. The van der Waals surface area contributed by atoms with Crippen LogP contribution in [-0.2, 0) is 0 Å². The predicted molar refractivity (Wildman–Crippen MR) is 66.2 cm³/mol. The zero-order valence-electron chi connectivity index (χ0n) is 11.2. The SMILES string of the molecule is CC(C)C1CN(CC(C)(C)CN)C(=O)N1C. The number of carbonyl (C=O) groups is 1. The lowest BCUT2D eigenvalue weighted by Gasteiger charge is -2.28. The molecule has 1 aliphatic rings. The molecular weight excluding hydrogens is 202 g/mol. The molecular formula is C12H25N3O. The fourth-order valence-electron chi connectivity index (χ4n) is 2.16. The molecule has 0 aromatic rings. The molecule has 1 heterocycles. The topological polar surface area (TPSA) is 49.6 Å². The molecule has 1 rings (SSSR count). The van der Waals surface area contributed by atoms with Gasteiger partial charge in [-0.3, -0.25) is 0 Å². The summed E-state index contributed by atoms with van der Waals surface area (Å²) in [7, 11) is 1.89. The molecule has 1 aliphatic heterocycles. The van der Waals surface area contributed by atoms with Crippen molar-refractivity contribution in [1.29, 1.82) is 0 Å². The van der Waals surface area contributed by atoms with Crippen LogP contribution in [0.25, 0.3) is 0 Å². The number of hydrogen-bond donors (Lipinski definition) is 1. The van der Waals surface area contributed by atoms with Gasteiger partial charge >= 0.3 is 6.03 Å². The van der Waals surface area contributed by atoms with E-state index in [-0.39, 0.29) is 11.4 Å². The molecule has 2 amide bonds. The number of nitrogens with two attached hydrogens (primary N) is 1. The molecule has 2 N–H and O–H groups in total. The van der Waals surface area contributed by atoms with Crippen molar-refractivity contribution < 1.29 is 4.79 Å². The van der Waals surface area contributed by atoms with Crippen molar-refractivity contribution in [3.05, 3.63) is 0 Å². The summed E-state index contributed by atoms with van der Waals surface area (Å²) in [6.45, 7) is 10.7. The summed E-state index contributed by atoms with van der Waals surface area (Å²) in [6.07, 6.45) is 0. The Hall–Kier alpha value is -0.770. The van der Waals surface area contributed by atoms with Crippen molar-refractivity contribution in [2.24, 2.45) is 17.1 Å². The Labute approximate surface area is 98.8 Å². The first-order valence-corrected chi connectivity index (χ1v) is 6.00. The minimum Gasteiger partial charge on any atom is -0.330 e. The first-order valence-electron chi connectivity index (χ1n) is 6.00. The molecule has 4 nitrogen and oxygen atoms in total. The molecule has 1 fully saturated rings. The number of amides is 2. The van der Waals surface area contributed by atoms with E-state index in [1.807, 2.05) is 16.8 Å². The zero-order valence-corrected chi connectivity index (χ0v) is 11.2. The van der Waals surface area contributed by atoms with Gasteiger partial charge in [0.2, 0.25) is 0 Å². The number of urea groups is 1. The molecule has 0 aliphatic carbocycles. The second kappa shape index (κ2) is 4.62. The number of hydrogen-bond acceptors (Lipinski definition) is 2. The van der Waals surface area contributed by atoms with E-state index in [4.69, 9.17) is 5.73 Å². The van der Waals surface area contributed by atoms with Gasteiger partial charge in [-0.2, -0.15) is 0 Å². The molecule has 1 saturated heterocycles. The third kappa shape index (κ3) is 2.67. The zero-order chi connectivity index (χ0) is 12.5. The Kier molecular flexibility index (Phi) is 3.84. The van der Waals surface area contributed by atoms with Crippen molar-refractivity contribution in [3.8, 4) is 0 Å².